The SMILES string of the molecule is O=C(Nc1cncc2c1CCN(Cc1ccccc1)C2)c1ccc(Br)cc1. The number of halogens is 1. The molecule has 4 rings (SSSR count). The molecule has 2 aromatic carbocycles. The first-order valence-electron chi connectivity index (χ1n) is 8.98. The summed E-state index contributed by atoms with van der Waals surface area (Å²) in [5.74, 6) is -0.107. The zero-order valence-electron chi connectivity index (χ0n) is 14.9. The lowest BCUT2D eigenvalue weighted by molar-refractivity contribution is 0.102. The predicted molar refractivity (Wildman–Crippen MR) is 111 cm³/mol. The van der Waals surface area contributed by atoms with Crippen molar-refractivity contribution in [1.29, 1.82) is 0 Å². The molecule has 0 unspecified atom stereocenters. The van der Waals surface area contributed by atoms with Crippen molar-refractivity contribution in [2.75, 3.05) is 11.9 Å². The van der Waals surface area contributed by atoms with Crippen LogP contribution in [0.5, 0.6) is 0 Å². The summed E-state index contributed by atoms with van der Waals surface area (Å²) in [5, 5.41) is 3.04. The molecule has 2 heterocycles. The molecule has 27 heavy (non-hydrogen) atoms. The number of fused-ring (bicyclic) bond motifs is 1. The summed E-state index contributed by atoms with van der Waals surface area (Å²) in [6.45, 7) is 2.74. The van der Waals surface area contributed by atoms with Crippen molar-refractivity contribution < 1.29 is 4.79 Å². The molecule has 5 heteroatoms. The van der Waals surface area contributed by atoms with Gasteiger partial charge < -0.3 is 5.32 Å². The Kier molecular flexibility index (Phi) is 5.32. The number of hydrogen-bond acceptors (Lipinski definition) is 3. The highest BCUT2D eigenvalue weighted by molar-refractivity contribution is 9.10. The van der Waals surface area contributed by atoms with E-state index in [0.717, 1.165) is 36.2 Å². The van der Waals surface area contributed by atoms with Crippen molar-refractivity contribution in [3.63, 3.8) is 0 Å². The molecule has 0 radical (unpaired) electrons. The molecule has 4 nitrogen and oxygen atoms in total. The van der Waals surface area contributed by atoms with Gasteiger partial charge in [-0.15, -0.1) is 0 Å². The molecule has 0 spiro atoms. The van der Waals surface area contributed by atoms with Crippen LogP contribution in [0.2, 0.25) is 0 Å². The second kappa shape index (κ2) is 8.03. The summed E-state index contributed by atoms with van der Waals surface area (Å²) < 4.78 is 0.955. The maximum Gasteiger partial charge on any atom is 0.255 e. The van der Waals surface area contributed by atoms with Gasteiger partial charge in [-0.25, -0.2) is 0 Å². The third kappa shape index (κ3) is 4.26. The van der Waals surface area contributed by atoms with E-state index in [9.17, 15) is 4.79 Å². The first-order chi connectivity index (χ1) is 13.2. The first-order valence-corrected chi connectivity index (χ1v) is 9.77. The Balaban J connectivity index is 1.48. The smallest absolute Gasteiger partial charge is 0.255 e. The average Bonchev–Trinajstić information content (AvgIpc) is 2.69. The molecule has 0 bridgehead atoms. The first kappa shape index (κ1) is 17.9. The van der Waals surface area contributed by atoms with Crippen LogP contribution in [-0.2, 0) is 19.5 Å². The minimum Gasteiger partial charge on any atom is -0.320 e. The van der Waals surface area contributed by atoms with Gasteiger partial charge in [-0.1, -0.05) is 46.3 Å². The molecule has 1 aliphatic heterocycles. The molecule has 136 valence electrons. The van der Waals surface area contributed by atoms with Crippen molar-refractivity contribution in [1.82, 2.24) is 9.88 Å². The van der Waals surface area contributed by atoms with Gasteiger partial charge in [0.1, 0.15) is 0 Å². The number of hydrogen-bond donors (Lipinski definition) is 1. The number of nitrogens with zero attached hydrogens (tertiary/aromatic N) is 2. The summed E-state index contributed by atoms with van der Waals surface area (Å²) in [5.41, 5.74) is 5.15. The molecule has 0 saturated heterocycles. The van der Waals surface area contributed by atoms with E-state index in [4.69, 9.17) is 0 Å². The van der Waals surface area contributed by atoms with Crippen LogP contribution >= 0.6 is 15.9 Å². The third-order valence-electron chi connectivity index (χ3n) is 4.82. The van der Waals surface area contributed by atoms with E-state index in [1.54, 1.807) is 6.20 Å². The molecule has 1 aliphatic rings. The minimum atomic E-state index is -0.107. The van der Waals surface area contributed by atoms with E-state index in [2.05, 4.69) is 55.4 Å². The molecule has 1 aromatic heterocycles. The van der Waals surface area contributed by atoms with Gasteiger partial charge in [-0.05, 0) is 47.4 Å². The number of carbonyl (C=O) groups excluding carboxylic acids is 1. The van der Waals surface area contributed by atoms with Crippen LogP contribution in [-0.4, -0.2) is 22.3 Å². The van der Waals surface area contributed by atoms with E-state index in [1.807, 2.05) is 36.5 Å². The monoisotopic (exact) mass is 421 g/mol. The van der Waals surface area contributed by atoms with E-state index in [1.165, 1.54) is 16.7 Å². The number of benzene rings is 2. The number of pyridine rings is 1. The molecular formula is C22H20BrN3O. The molecule has 1 amide bonds. The van der Waals surface area contributed by atoms with Gasteiger partial charge in [0.05, 0.1) is 11.9 Å². The van der Waals surface area contributed by atoms with Gasteiger partial charge >= 0.3 is 0 Å². The molecule has 0 fully saturated rings. The summed E-state index contributed by atoms with van der Waals surface area (Å²) in [6.07, 6.45) is 4.57. The van der Waals surface area contributed by atoms with Crippen molar-refractivity contribution in [3.8, 4) is 0 Å². The Morgan fingerprint density at radius 3 is 2.63 bits per heavy atom. The molecule has 3 aromatic rings. The van der Waals surface area contributed by atoms with Gasteiger partial charge in [0.15, 0.2) is 0 Å². The van der Waals surface area contributed by atoms with Crippen LogP contribution in [0.4, 0.5) is 5.69 Å². The lowest BCUT2D eigenvalue weighted by Crippen LogP contribution is -2.31. The van der Waals surface area contributed by atoms with Crippen LogP contribution in [0.3, 0.4) is 0 Å². The van der Waals surface area contributed by atoms with Gasteiger partial charge in [0.25, 0.3) is 5.91 Å². The number of nitrogens with one attached hydrogen (secondary N) is 1. The fourth-order valence-corrected chi connectivity index (χ4v) is 3.70. The van der Waals surface area contributed by atoms with Crippen molar-refractivity contribution in [2.45, 2.75) is 19.5 Å². The summed E-state index contributed by atoms with van der Waals surface area (Å²) in [6, 6.07) is 17.9. The normalized spacial score (nSPS) is 13.8. The van der Waals surface area contributed by atoms with E-state index >= 15 is 0 Å². The molecule has 0 atom stereocenters. The predicted octanol–water partition coefficient (Wildman–Crippen LogP) is 4.65. The Morgan fingerprint density at radius 1 is 1.07 bits per heavy atom. The van der Waals surface area contributed by atoms with E-state index < -0.39 is 0 Å². The largest absolute Gasteiger partial charge is 0.320 e. The van der Waals surface area contributed by atoms with Crippen molar-refractivity contribution >= 4 is 27.5 Å². The van der Waals surface area contributed by atoms with E-state index in [0.29, 0.717) is 5.56 Å². The van der Waals surface area contributed by atoms with Crippen LogP contribution in [0.1, 0.15) is 27.0 Å². The topological polar surface area (TPSA) is 45.2 Å². The van der Waals surface area contributed by atoms with Gasteiger partial charge in [-0.2, -0.15) is 0 Å². The van der Waals surface area contributed by atoms with Gasteiger partial charge in [-0.3, -0.25) is 14.7 Å². The van der Waals surface area contributed by atoms with Crippen molar-refractivity contribution in [3.05, 3.63) is 93.7 Å². The fourth-order valence-electron chi connectivity index (χ4n) is 3.43. The van der Waals surface area contributed by atoms with Crippen LogP contribution in [0, 0.1) is 0 Å². The highest BCUT2D eigenvalue weighted by Crippen LogP contribution is 2.26. The third-order valence-corrected chi connectivity index (χ3v) is 5.35. The summed E-state index contributed by atoms with van der Waals surface area (Å²) in [4.78, 5) is 19.3. The minimum absolute atomic E-state index is 0.107. The van der Waals surface area contributed by atoms with Crippen LogP contribution in [0.15, 0.2) is 71.5 Å². The summed E-state index contributed by atoms with van der Waals surface area (Å²) >= 11 is 3.39. The standard InChI is InChI=1S/C22H20BrN3O/c23-19-8-6-17(7-9-19)22(27)25-21-13-24-12-18-15-26(11-10-20(18)21)14-16-4-2-1-3-5-16/h1-9,12-13H,10-11,14-15H2,(H,25,27). The maximum absolute atomic E-state index is 12.6. The number of anilines is 1. The van der Waals surface area contributed by atoms with Crippen LogP contribution in [0.25, 0.3) is 0 Å². The molecule has 0 saturated carbocycles. The average molecular weight is 422 g/mol. The Labute approximate surface area is 167 Å². The number of carbonyl (C=O) groups is 1. The molecule has 1 N–H and O–H groups in total. The molecular weight excluding hydrogens is 402 g/mol. The lowest BCUT2D eigenvalue weighted by Gasteiger charge is -2.29. The van der Waals surface area contributed by atoms with Crippen LogP contribution < -0.4 is 5.32 Å². The number of amides is 1. The Bertz CT molecular complexity index is 942. The van der Waals surface area contributed by atoms with Gasteiger partial charge in [0, 0.05) is 35.9 Å². The Morgan fingerprint density at radius 2 is 1.85 bits per heavy atom. The highest BCUT2D eigenvalue weighted by atomic mass is 79.9. The zero-order chi connectivity index (χ0) is 18.6. The molecule has 0 aliphatic carbocycles. The highest BCUT2D eigenvalue weighted by Gasteiger charge is 2.20. The van der Waals surface area contributed by atoms with E-state index in [-0.39, 0.29) is 5.91 Å². The quantitative estimate of drug-likeness (QED) is 0.666. The number of rotatable bonds is 4. The zero-order valence-corrected chi connectivity index (χ0v) is 16.4. The second-order valence-electron chi connectivity index (χ2n) is 6.73. The summed E-state index contributed by atoms with van der Waals surface area (Å²) in [7, 11) is 0. The van der Waals surface area contributed by atoms with Crippen molar-refractivity contribution in [2.24, 2.45) is 0 Å². The fraction of sp³-hybridized carbons (Fsp3) is 0.182. The second-order valence-corrected chi connectivity index (χ2v) is 7.65. The lowest BCUT2D eigenvalue weighted by atomic mass is 9.99. The Hall–Kier alpha value is -2.50. The van der Waals surface area contributed by atoms with Gasteiger partial charge in [0.2, 0.25) is 0 Å². The number of aromatic nitrogens is 1. The maximum atomic E-state index is 12.6.